The number of fused-ring (bicyclic) bond motifs is 5. The molecule has 0 aromatic rings. The van der Waals surface area contributed by atoms with Gasteiger partial charge in [-0.3, -0.25) is 0 Å². The van der Waals surface area contributed by atoms with Gasteiger partial charge in [0.1, 0.15) is 5.60 Å². The molecule has 0 radical (unpaired) electrons. The molecule has 2 nitrogen and oxygen atoms in total. The van der Waals surface area contributed by atoms with Crippen molar-refractivity contribution in [1.29, 1.82) is 0 Å². The molecule has 0 amide bonds. The molecule has 0 N–H and O–H groups in total. The van der Waals surface area contributed by atoms with E-state index in [0.717, 1.165) is 48.5 Å². The lowest BCUT2D eigenvalue weighted by Gasteiger charge is -2.65. The monoisotopic (exact) mass is 542 g/mol. The first-order valence-electron chi connectivity index (χ1n) is 13.5. The van der Waals surface area contributed by atoms with Gasteiger partial charge in [0.2, 0.25) is 0 Å². The minimum atomic E-state index is -0.317. The Morgan fingerprint density at radius 3 is 2.45 bits per heavy atom. The number of hydrogen-bond acceptors (Lipinski definition) is 2. The van der Waals surface area contributed by atoms with Crippen molar-refractivity contribution in [1.82, 2.24) is 0 Å². The molecule has 1 spiro atoms. The lowest BCUT2D eigenvalue weighted by Crippen LogP contribution is -2.68. The topological polar surface area (TPSA) is 18.5 Å². The molecule has 10 atom stereocenters. The van der Waals surface area contributed by atoms with E-state index >= 15 is 0 Å². The molecular formula is C28H47IO2. The van der Waals surface area contributed by atoms with Crippen LogP contribution in [-0.2, 0) is 9.47 Å². The first kappa shape index (κ1) is 23.4. The summed E-state index contributed by atoms with van der Waals surface area (Å²) in [6.07, 6.45) is 13.8. The van der Waals surface area contributed by atoms with E-state index in [-0.39, 0.29) is 11.4 Å². The molecule has 2 saturated heterocycles. The van der Waals surface area contributed by atoms with Crippen molar-refractivity contribution >= 4 is 22.6 Å². The summed E-state index contributed by atoms with van der Waals surface area (Å²) in [5.74, 6) is 5.05. The first-order valence-corrected chi connectivity index (χ1v) is 14.8. The molecule has 5 rings (SSSR count). The van der Waals surface area contributed by atoms with E-state index < -0.39 is 0 Å². The summed E-state index contributed by atoms with van der Waals surface area (Å²) < 4.78 is 13.8. The molecular weight excluding hydrogens is 495 g/mol. The van der Waals surface area contributed by atoms with Crippen LogP contribution in [0.25, 0.3) is 0 Å². The van der Waals surface area contributed by atoms with Crippen molar-refractivity contribution in [3.8, 4) is 0 Å². The second-order valence-corrected chi connectivity index (χ2v) is 14.9. The minimum absolute atomic E-state index is 0.0440. The van der Waals surface area contributed by atoms with Gasteiger partial charge in [-0.25, -0.2) is 0 Å². The quantitative estimate of drug-likeness (QED) is 0.259. The Morgan fingerprint density at radius 2 is 1.71 bits per heavy atom. The number of ether oxygens (including phenoxy) is 2. The van der Waals surface area contributed by atoms with E-state index in [4.69, 9.17) is 9.47 Å². The van der Waals surface area contributed by atoms with Crippen molar-refractivity contribution in [3.05, 3.63) is 0 Å². The maximum atomic E-state index is 6.87. The average molecular weight is 543 g/mol. The highest BCUT2D eigenvalue weighted by atomic mass is 127. The first-order chi connectivity index (χ1) is 14.5. The van der Waals surface area contributed by atoms with Crippen LogP contribution < -0.4 is 0 Å². The highest BCUT2D eigenvalue weighted by Crippen LogP contribution is 2.71. The SMILES string of the molecule is CC(C)CCC[C@@H](C)[C@H]1CC[C@H]2[C@@H]3C[C@@H](I)[C@@]45CO[C@@](C)(CC[C@]4(C)[C@H]3CC[C@]12C)O5. The number of hydrogen-bond donors (Lipinski definition) is 0. The van der Waals surface area contributed by atoms with Gasteiger partial charge in [0.25, 0.3) is 0 Å². The van der Waals surface area contributed by atoms with E-state index in [1.807, 2.05) is 0 Å². The fraction of sp³-hybridized carbons (Fsp3) is 1.00. The van der Waals surface area contributed by atoms with Crippen LogP contribution in [0.4, 0.5) is 0 Å². The van der Waals surface area contributed by atoms with Crippen LogP contribution >= 0.6 is 22.6 Å². The lowest BCUT2D eigenvalue weighted by molar-refractivity contribution is -0.270. The van der Waals surface area contributed by atoms with Crippen LogP contribution in [0.15, 0.2) is 0 Å². The van der Waals surface area contributed by atoms with Gasteiger partial charge in [-0.2, -0.15) is 0 Å². The number of halogens is 1. The number of rotatable bonds is 5. The Morgan fingerprint density at radius 1 is 0.935 bits per heavy atom. The molecule has 0 aromatic heterocycles. The van der Waals surface area contributed by atoms with Crippen LogP contribution in [-0.4, -0.2) is 21.9 Å². The van der Waals surface area contributed by atoms with Crippen molar-refractivity contribution in [2.45, 2.75) is 121 Å². The molecule has 0 aromatic carbocycles. The summed E-state index contributed by atoms with van der Waals surface area (Å²) >= 11 is 2.77. The summed E-state index contributed by atoms with van der Waals surface area (Å²) in [4.78, 5) is 0. The third-order valence-electron chi connectivity index (χ3n) is 11.5. The standard InChI is InChI=1S/C28H47IO2/c1-18(2)8-7-9-19(3)21-10-11-22-20-16-24(29)28-17-30-27(6,31-28)15-14-26(28,5)23(20)12-13-25(21,22)4/h18-24H,7-17H2,1-6H3/t19-,20+,21-,22+,23+,24-,25-,26-,27-,28+/m1/s1. The van der Waals surface area contributed by atoms with Gasteiger partial charge in [-0.15, -0.1) is 0 Å². The Bertz CT molecular complexity index is 694. The highest BCUT2D eigenvalue weighted by Gasteiger charge is 2.72. The summed E-state index contributed by atoms with van der Waals surface area (Å²) in [5.41, 5.74) is 0.823. The lowest BCUT2D eigenvalue weighted by atomic mass is 9.44. The second kappa shape index (κ2) is 7.83. The predicted octanol–water partition coefficient (Wildman–Crippen LogP) is 8.02. The van der Waals surface area contributed by atoms with Crippen molar-refractivity contribution in [2.24, 2.45) is 46.3 Å². The zero-order chi connectivity index (χ0) is 22.2. The van der Waals surface area contributed by atoms with Crippen LogP contribution in [0.5, 0.6) is 0 Å². The van der Waals surface area contributed by atoms with E-state index in [9.17, 15) is 0 Å². The average Bonchev–Trinajstić information content (AvgIpc) is 3.21. The Kier molecular flexibility index (Phi) is 5.91. The second-order valence-electron chi connectivity index (χ2n) is 13.4. The summed E-state index contributed by atoms with van der Waals surface area (Å²) in [5, 5.41) is 0. The summed E-state index contributed by atoms with van der Waals surface area (Å²) in [7, 11) is 0. The molecule has 5 fully saturated rings. The Balaban J connectivity index is 1.36. The molecule has 31 heavy (non-hydrogen) atoms. The third kappa shape index (κ3) is 3.35. The van der Waals surface area contributed by atoms with Crippen LogP contribution in [0.3, 0.4) is 0 Å². The molecule has 2 bridgehead atoms. The Labute approximate surface area is 205 Å². The van der Waals surface area contributed by atoms with E-state index in [1.54, 1.807) is 0 Å². The minimum Gasteiger partial charge on any atom is -0.347 e. The largest absolute Gasteiger partial charge is 0.347 e. The zero-order valence-electron chi connectivity index (χ0n) is 21.0. The van der Waals surface area contributed by atoms with Crippen molar-refractivity contribution in [3.63, 3.8) is 0 Å². The molecule has 0 unspecified atom stereocenters. The molecule has 2 heterocycles. The van der Waals surface area contributed by atoms with Crippen LogP contribution in [0, 0.1) is 46.3 Å². The smallest absolute Gasteiger partial charge is 0.166 e. The van der Waals surface area contributed by atoms with Gasteiger partial charge in [-0.1, -0.05) is 76.5 Å². The molecule has 178 valence electrons. The zero-order valence-corrected chi connectivity index (χ0v) is 23.2. The fourth-order valence-electron chi connectivity index (χ4n) is 9.68. The maximum Gasteiger partial charge on any atom is 0.166 e. The van der Waals surface area contributed by atoms with Gasteiger partial charge in [0.05, 0.1) is 6.61 Å². The third-order valence-corrected chi connectivity index (χ3v) is 13.0. The predicted molar refractivity (Wildman–Crippen MR) is 136 cm³/mol. The van der Waals surface area contributed by atoms with E-state index in [0.29, 0.717) is 14.8 Å². The van der Waals surface area contributed by atoms with Gasteiger partial charge in [-0.05, 0) is 86.4 Å². The maximum absolute atomic E-state index is 6.87. The van der Waals surface area contributed by atoms with Crippen molar-refractivity contribution in [2.75, 3.05) is 6.61 Å². The van der Waals surface area contributed by atoms with Crippen LogP contribution in [0.1, 0.15) is 106 Å². The van der Waals surface area contributed by atoms with E-state index in [1.165, 1.54) is 57.8 Å². The van der Waals surface area contributed by atoms with Crippen molar-refractivity contribution < 1.29 is 9.47 Å². The summed E-state index contributed by atoms with van der Waals surface area (Å²) in [6, 6.07) is 0. The van der Waals surface area contributed by atoms with Gasteiger partial charge >= 0.3 is 0 Å². The molecule has 3 saturated carbocycles. The normalized spacial score (nSPS) is 54.4. The summed E-state index contributed by atoms with van der Waals surface area (Å²) in [6.45, 7) is 15.7. The van der Waals surface area contributed by atoms with E-state index in [2.05, 4.69) is 64.1 Å². The highest BCUT2D eigenvalue weighted by molar-refractivity contribution is 14.1. The molecule has 2 aliphatic heterocycles. The molecule has 5 aliphatic rings. The van der Waals surface area contributed by atoms with Gasteiger partial charge in [0.15, 0.2) is 5.79 Å². The molecule has 3 heteroatoms. The fourth-order valence-corrected chi connectivity index (χ4v) is 11.3. The van der Waals surface area contributed by atoms with Crippen LogP contribution in [0.2, 0.25) is 0 Å². The van der Waals surface area contributed by atoms with Gasteiger partial charge in [0, 0.05) is 15.8 Å². The number of alkyl halides is 1. The van der Waals surface area contributed by atoms with Gasteiger partial charge < -0.3 is 9.47 Å². The molecule has 3 aliphatic carbocycles. The Hall–Kier alpha value is 0.650.